The molecule has 0 bridgehead atoms. The molecule has 0 heterocycles. The first-order chi connectivity index (χ1) is 10.2. The Morgan fingerprint density at radius 3 is 2.43 bits per heavy atom. The van der Waals surface area contributed by atoms with Crippen molar-refractivity contribution < 1.29 is 9.90 Å². The monoisotopic (exact) mass is 301 g/mol. The van der Waals surface area contributed by atoms with Crippen LogP contribution in [0.15, 0.2) is 48.5 Å². The van der Waals surface area contributed by atoms with E-state index in [1.807, 2.05) is 36.4 Å². The zero-order valence-corrected chi connectivity index (χ0v) is 12.2. The Morgan fingerprint density at radius 1 is 1.14 bits per heavy atom. The van der Waals surface area contributed by atoms with Crippen LogP contribution in [0.4, 0.5) is 5.69 Å². The minimum absolute atomic E-state index is 0.0225. The van der Waals surface area contributed by atoms with Crippen LogP contribution in [0.1, 0.15) is 24.0 Å². The Bertz CT molecular complexity index is 663. The molecule has 1 aliphatic rings. The maximum absolute atomic E-state index is 12.6. The van der Waals surface area contributed by atoms with Gasteiger partial charge in [-0.05, 0) is 36.6 Å². The van der Waals surface area contributed by atoms with E-state index in [-0.39, 0.29) is 12.5 Å². The number of benzene rings is 2. The van der Waals surface area contributed by atoms with Crippen LogP contribution in [0.3, 0.4) is 0 Å². The number of para-hydroxylation sites is 1. The number of amides is 1. The number of rotatable bonds is 4. The van der Waals surface area contributed by atoms with Gasteiger partial charge < -0.3 is 10.4 Å². The third-order valence-electron chi connectivity index (χ3n) is 4.02. The summed E-state index contributed by atoms with van der Waals surface area (Å²) < 4.78 is 0. The van der Waals surface area contributed by atoms with Gasteiger partial charge in [-0.15, -0.1) is 0 Å². The molecule has 1 amide bonds. The van der Waals surface area contributed by atoms with Gasteiger partial charge >= 0.3 is 0 Å². The molecule has 0 saturated heterocycles. The molecule has 21 heavy (non-hydrogen) atoms. The summed E-state index contributed by atoms with van der Waals surface area (Å²) in [5.74, 6) is -0.0225. The third-order valence-corrected chi connectivity index (χ3v) is 4.27. The summed E-state index contributed by atoms with van der Waals surface area (Å²) in [7, 11) is 0. The SMILES string of the molecule is O=C(Nc1ccccc1CO)C1(c2ccc(Cl)cc2)CC1. The van der Waals surface area contributed by atoms with E-state index in [4.69, 9.17) is 11.6 Å². The highest BCUT2D eigenvalue weighted by Crippen LogP contribution is 2.49. The summed E-state index contributed by atoms with van der Waals surface area (Å²) in [5.41, 5.74) is 1.93. The molecule has 1 saturated carbocycles. The Hall–Kier alpha value is -1.84. The number of carbonyl (C=O) groups excluding carboxylic acids is 1. The van der Waals surface area contributed by atoms with Crippen molar-refractivity contribution in [2.75, 3.05) is 5.32 Å². The fourth-order valence-electron chi connectivity index (χ4n) is 2.56. The molecule has 0 aromatic heterocycles. The predicted molar refractivity (Wildman–Crippen MR) is 83.4 cm³/mol. The van der Waals surface area contributed by atoms with Crippen LogP contribution in [-0.4, -0.2) is 11.0 Å². The van der Waals surface area contributed by atoms with Crippen molar-refractivity contribution in [3.63, 3.8) is 0 Å². The fraction of sp³-hybridized carbons (Fsp3) is 0.235. The first kappa shape index (κ1) is 14.1. The number of carbonyl (C=O) groups is 1. The van der Waals surface area contributed by atoms with Gasteiger partial charge in [0.1, 0.15) is 0 Å². The Balaban J connectivity index is 1.83. The van der Waals surface area contributed by atoms with E-state index in [1.165, 1.54) is 0 Å². The molecule has 0 atom stereocenters. The smallest absolute Gasteiger partial charge is 0.235 e. The summed E-state index contributed by atoms with van der Waals surface area (Å²) in [6.45, 7) is -0.0929. The standard InChI is InChI=1S/C17H16ClNO2/c18-14-7-5-13(6-8-14)17(9-10-17)16(21)19-15-4-2-1-3-12(15)11-20/h1-8,20H,9-11H2,(H,19,21). The largest absolute Gasteiger partial charge is 0.392 e. The molecule has 4 heteroatoms. The molecule has 1 aliphatic carbocycles. The van der Waals surface area contributed by atoms with Gasteiger partial charge in [0.25, 0.3) is 0 Å². The van der Waals surface area contributed by atoms with E-state index in [0.717, 1.165) is 24.0 Å². The summed E-state index contributed by atoms with van der Waals surface area (Å²) in [4.78, 5) is 12.6. The molecule has 0 aliphatic heterocycles. The van der Waals surface area contributed by atoms with Crippen LogP contribution in [0.25, 0.3) is 0 Å². The minimum Gasteiger partial charge on any atom is -0.392 e. The minimum atomic E-state index is -0.451. The van der Waals surface area contributed by atoms with Gasteiger partial charge in [-0.25, -0.2) is 0 Å². The van der Waals surface area contributed by atoms with E-state index in [9.17, 15) is 9.90 Å². The molecule has 1 fully saturated rings. The van der Waals surface area contributed by atoms with Crippen molar-refractivity contribution in [2.45, 2.75) is 24.9 Å². The lowest BCUT2D eigenvalue weighted by Gasteiger charge is -2.17. The lowest BCUT2D eigenvalue weighted by Crippen LogP contribution is -2.28. The third kappa shape index (κ3) is 2.67. The maximum atomic E-state index is 12.6. The molecule has 108 valence electrons. The van der Waals surface area contributed by atoms with E-state index in [0.29, 0.717) is 10.7 Å². The Kier molecular flexibility index (Phi) is 3.70. The van der Waals surface area contributed by atoms with Gasteiger partial charge in [0.15, 0.2) is 0 Å². The lowest BCUT2D eigenvalue weighted by atomic mass is 9.95. The first-order valence-electron chi connectivity index (χ1n) is 6.92. The van der Waals surface area contributed by atoms with Gasteiger partial charge in [-0.2, -0.15) is 0 Å². The molecular weight excluding hydrogens is 286 g/mol. The second-order valence-electron chi connectivity index (χ2n) is 5.36. The average Bonchev–Trinajstić information content (AvgIpc) is 3.30. The predicted octanol–water partition coefficient (Wildman–Crippen LogP) is 3.50. The van der Waals surface area contributed by atoms with Crippen LogP contribution in [0, 0.1) is 0 Å². The van der Waals surface area contributed by atoms with Crippen LogP contribution in [-0.2, 0) is 16.8 Å². The molecule has 0 spiro atoms. The zero-order valence-electron chi connectivity index (χ0n) is 11.5. The van der Waals surface area contributed by atoms with E-state index < -0.39 is 5.41 Å². The molecule has 2 aromatic carbocycles. The number of nitrogens with one attached hydrogen (secondary N) is 1. The first-order valence-corrected chi connectivity index (χ1v) is 7.30. The summed E-state index contributed by atoms with van der Waals surface area (Å²) in [6, 6.07) is 14.7. The van der Waals surface area contributed by atoms with Gasteiger partial charge in [0.05, 0.1) is 12.0 Å². The van der Waals surface area contributed by atoms with Gasteiger partial charge in [0.2, 0.25) is 5.91 Å². The van der Waals surface area contributed by atoms with Crippen LogP contribution >= 0.6 is 11.6 Å². The van der Waals surface area contributed by atoms with Crippen molar-refractivity contribution in [2.24, 2.45) is 0 Å². The molecule has 0 radical (unpaired) electrons. The molecule has 3 nitrogen and oxygen atoms in total. The van der Waals surface area contributed by atoms with Gasteiger partial charge in [-0.3, -0.25) is 4.79 Å². The van der Waals surface area contributed by atoms with Crippen molar-refractivity contribution in [3.8, 4) is 0 Å². The number of anilines is 1. The number of halogens is 1. The van der Waals surface area contributed by atoms with Crippen LogP contribution < -0.4 is 5.32 Å². The van der Waals surface area contributed by atoms with Crippen molar-refractivity contribution >= 4 is 23.2 Å². The van der Waals surface area contributed by atoms with Gasteiger partial charge in [0, 0.05) is 16.3 Å². The van der Waals surface area contributed by atoms with Crippen LogP contribution in [0.2, 0.25) is 5.02 Å². The summed E-state index contributed by atoms with van der Waals surface area (Å²) in [5, 5.41) is 12.9. The van der Waals surface area contributed by atoms with E-state index >= 15 is 0 Å². The molecular formula is C17H16ClNO2. The highest BCUT2D eigenvalue weighted by molar-refractivity contribution is 6.30. The van der Waals surface area contributed by atoms with Gasteiger partial charge in [-0.1, -0.05) is 41.9 Å². The lowest BCUT2D eigenvalue weighted by molar-refractivity contribution is -0.118. The average molecular weight is 302 g/mol. The topological polar surface area (TPSA) is 49.3 Å². The number of aliphatic hydroxyl groups is 1. The molecule has 2 aromatic rings. The molecule has 2 N–H and O–H groups in total. The maximum Gasteiger partial charge on any atom is 0.235 e. The molecule has 0 unspecified atom stereocenters. The fourth-order valence-corrected chi connectivity index (χ4v) is 2.69. The second kappa shape index (κ2) is 5.51. The van der Waals surface area contributed by atoms with Crippen LogP contribution in [0.5, 0.6) is 0 Å². The van der Waals surface area contributed by atoms with E-state index in [2.05, 4.69) is 5.32 Å². The molecule has 3 rings (SSSR count). The number of hydrogen-bond donors (Lipinski definition) is 2. The summed E-state index contributed by atoms with van der Waals surface area (Å²) in [6.07, 6.45) is 1.67. The van der Waals surface area contributed by atoms with E-state index in [1.54, 1.807) is 12.1 Å². The second-order valence-corrected chi connectivity index (χ2v) is 5.79. The number of aliphatic hydroxyl groups excluding tert-OH is 1. The highest BCUT2D eigenvalue weighted by Gasteiger charge is 2.51. The zero-order chi connectivity index (χ0) is 14.9. The normalized spacial score (nSPS) is 15.5. The quantitative estimate of drug-likeness (QED) is 0.908. The van der Waals surface area contributed by atoms with Crippen molar-refractivity contribution in [1.29, 1.82) is 0 Å². The number of hydrogen-bond acceptors (Lipinski definition) is 2. The summed E-state index contributed by atoms with van der Waals surface area (Å²) >= 11 is 5.90. The Labute approximate surface area is 128 Å². The Morgan fingerprint density at radius 2 is 1.81 bits per heavy atom. The highest BCUT2D eigenvalue weighted by atomic mass is 35.5. The van der Waals surface area contributed by atoms with Crippen molar-refractivity contribution in [1.82, 2.24) is 0 Å². The van der Waals surface area contributed by atoms with Crippen molar-refractivity contribution in [3.05, 3.63) is 64.7 Å².